The molecule has 9 nitrogen and oxygen atoms in total. The number of ether oxygens (including phenoxy) is 1. The summed E-state index contributed by atoms with van der Waals surface area (Å²) in [4.78, 5) is 27.5. The molecule has 0 aliphatic carbocycles. The van der Waals surface area contributed by atoms with Crippen LogP contribution in [-0.4, -0.2) is 69.7 Å². The van der Waals surface area contributed by atoms with Gasteiger partial charge in [-0.3, -0.25) is 13.9 Å². The number of rotatable bonds is 8. The summed E-state index contributed by atoms with van der Waals surface area (Å²) in [5, 5.41) is 2.74. The molecule has 0 radical (unpaired) electrons. The molecule has 2 aromatic rings. The highest BCUT2D eigenvalue weighted by Crippen LogP contribution is 2.47. The van der Waals surface area contributed by atoms with Crippen LogP contribution >= 0.6 is 0 Å². The van der Waals surface area contributed by atoms with E-state index in [1.54, 1.807) is 11.8 Å². The van der Waals surface area contributed by atoms with Gasteiger partial charge in [0.15, 0.2) is 0 Å². The summed E-state index contributed by atoms with van der Waals surface area (Å²) in [5.41, 5.74) is 8.08. The van der Waals surface area contributed by atoms with Crippen molar-refractivity contribution in [2.24, 2.45) is 5.73 Å². The lowest BCUT2D eigenvalue weighted by molar-refractivity contribution is -0.140. The lowest BCUT2D eigenvalue weighted by Crippen LogP contribution is -2.56. The van der Waals surface area contributed by atoms with E-state index in [9.17, 15) is 18.0 Å². The summed E-state index contributed by atoms with van der Waals surface area (Å²) in [6.07, 6.45) is 2.48. The van der Waals surface area contributed by atoms with Crippen molar-refractivity contribution < 1.29 is 22.7 Å². The van der Waals surface area contributed by atoms with Crippen molar-refractivity contribution in [3.63, 3.8) is 0 Å². The molecule has 2 amide bonds. The van der Waals surface area contributed by atoms with E-state index in [-0.39, 0.29) is 17.9 Å². The highest BCUT2D eigenvalue weighted by atomic mass is 32.2. The third kappa shape index (κ3) is 5.55. The van der Waals surface area contributed by atoms with E-state index in [0.29, 0.717) is 39.1 Å². The van der Waals surface area contributed by atoms with Crippen LogP contribution < -0.4 is 15.4 Å². The van der Waals surface area contributed by atoms with Crippen LogP contribution in [0.25, 0.3) is 0 Å². The van der Waals surface area contributed by atoms with Gasteiger partial charge in [0.2, 0.25) is 21.8 Å². The highest BCUT2D eigenvalue weighted by Gasteiger charge is 2.47. The minimum atomic E-state index is -3.41. The smallest absolute Gasteiger partial charge is 0.247 e. The van der Waals surface area contributed by atoms with Crippen molar-refractivity contribution in [1.29, 1.82) is 0 Å². The van der Waals surface area contributed by atoms with Crippen LogP contribution in [0.5, 0.6) is 0 Å². The standard InChI is InChI=1S/C26H34N4O5S/c1-19(27)24(31)28-22(17-35-16-20-8-4-3-5-9-20)25(32)29-14-12-26(13-15-29)18-30(36(2,33)34)23-11-7-6-10-21(23)26/h3-11,19,22H,12-18,27H2,1-2H3,(H,28,31)/t19-,22-/m1/s1. The van der Waals surface area contributed by atoms with Gasteiger partial charge in [0.25, 0.3) is 0 Å². The number of carbonyl (C=O) groups excluding carboxylic acids is 2. The lowest BCUT2D eigenvalue weighted by Gasteiger charge is -2.41. The number of nitrogens with two attached hydrogens (primary N) is 1. The van der Waals surface area contributed by atoms with Crippen molar-refractivity contribution in [2.75, 3.05) is 36.8 Å². The number of anilines is 1. The maximum absolute atomic E-state index is 13.5. The summed E-state index contributed by atoms with van der Waals surface area (Å²) in [5.74, 6) is -0.642. The Morgan fingerprint density at radius 1 is 1.08 bits per heavy atom. The molecule has 3 N–H and O–H groups in total. The van der Waals surface area contributed by atoms with Gasteiger partial charge < -0.3 is 20.7 Å². The Kier molecular flexibility index (Phi) is 7.67. The highest BCUT2D eigenvalue weighted by molar-refractivity contribution is 7.92. The first kappa shape index (κ1) is 26.1. The van der Waals surface area contributed by atoms with E-state index in [1.165, 1.54) is 10.6 Å². The Bertz CT molecular complexity index is 1190. The fourth-order valence-corrected chi connectivity index (χ4v) is 6.03. The predicted molar refractivity (Wildman–Crippen MR) is 138 cm³/mol. The Morgan fingerprint density at radius 2 is 1.72 bits per heavy atom. The Hall–Kier alpha value is -2.95. The number of fused-ring (bicyclic) bond motifs is 2. The molecule has 2 aromatic carbocycles. The van der Waals surface area contributed by atoms with Crippen molar-refractivity contribution in [2.45, 2.75) is 43.9 Å². The molecule has 2 aliphatic rings. The first-order valence-corrected chi connectivity index (χ1v) is 14.0. The maximum atomic E-state index is 13.5. The summed E-state index contributed by atoms with van der Waals surface area (Å²) >= 11 is 0. The normalized spacial score (nSPS) is 18.5. The molecule has 0 aromatic heterocycles. The van der Waals surface area contributed by atoms with Crippen LogP contribution in [0.2, 0.25) is 0 Å². The summed E-state index contributed by atoms with van der Waals surface area (Å²) in [7, 11) is -3.41. The molecule has 2 heterocycles. The van der Waals surface area contributed by atoms with Gasteiger partial charge in [-0.2, -0.15) is 0 Å². The average molecular weight is 515 g/mol. The number of likely N-dealkylation sites (tertiary alicyclic amines) is 1. The van der Waals surface area contributed by atoms with Crippen LogP contribution in [0.4, 0.5) is 5.69 Å². The SMILES string of the molecule is C[C@@H](N)C(=O)N[C@H](COCc1ccccc1)C(=O)N1CCC2(CC1)CN(S(C)(=O)=O)c1ccccc12. The molecule has 194 valence electrons. The molecule has 1 saturated heterocycles. The van der Waals surface area contributed by atoms with E-state index < -0.39 is 28.0 Å². The van der Waals surface area contributed by atoms with Gasteiger partial charge >= 0.3 is 0 Å². The van der Waals surface area contributed by atoms with E-state index in [1.807, 2.05) is 54.6 Å². The second kappa shape index (κ2) is 10.6. The van der Waals surface area contributed by atoms with Crippen LogP contribution in [0.1, 0.15) is 30.9 Å². The largest absolute Gasteiger partial charge is 0.374 e. The molecule has 0 unspecified atom stereocenters. The summed E-state index contributed by atoms with van der Waals surface area (Å²) in [6.45, 7) is 3.19. The van der Waals surface area contributed by atoms with Crippen molar-refractivity contribution >= 4 is 27.5 Å². The summed E-state index contributed by atoms with van der Waals surface area (Å²) < 4.78 is 32.1. The Morgan fingerprint density at radius 3 is 2.36 bits per heavy atom. The van der Waals surface area contributed by atoms with Crippen molar-refractivity contribution in [3.8, 4) is 0 Å². The third-order valence-corrected chi connectivity index (χ3v) is 8.17. The number of benzene rings is 2. The molecule has 1 spiro atoms. The van der Waals surface area contributed by atoms with E-state index in [4.69, 9.17) is 10.5 Å². The van der Waals surface area contributed by atoms with Crippen LogP contribution in [0, 0.1) is 0 Å². The molecular weight excluding hydrogens is 480 g/mol. The molecule has 10 heteroatoms. The molecular formula is C26H34N4O5S. The Labute approximate surface area is 212 Å². The quantitative estimate of drug-likeness (QED) is 0.549. The number of hydrogen-bond acceptors (Lipinski definition) is 6. The monoisotopic (exact) mass is 514 g/mol. The zero-order valence-electron chi connectivity index (χ0n) is 20.7. The number of piperidine rings is 1. The number of nitrogens with one attached hydrogen (secondary N) is 1. The molecule has 0 bridgehead atoms. The van der Waals surface area contributed by atoms with E-state index >= 15 is 0 Å². The predicted octanol–water partition coefficient (Wildman–Crippen LogP) is 1.38. The van der Waals surface area contributed by atoms with Gasteiger partial charge in [-0.15, -0.1) is 0 Å². The lowest BCUT2D eigenvalue weighted by atomic mass is 9.74. The number of amides is 2. The van der Waals surface area contributed by atoms with Gasteiger partial charge in [-0.1, -0.05) is 48.5 Å². The number of sulfonamides is 1. The van der Waals surface area contributed by atoms with Crippen LogP contribution in [0.3, 0.4) is 0 Å². The number of para-hydroxylation sites is 1. The first-order chi connectivity index (χ1) is 17.1. The van der Waals surface area contributed by atoms with Gasteiger partial charge in [0, 0.05) is 25.0 Å². The van der Waals surface area contributed by atoms with Gasteiger partial charge in [0.1, 0.15) is 6.04 Å². The number of nitrogens with zero attached hydrogens (tertiary/aromatic N) is 2. The van der Waals surface area contributed by atoms with Gasteiger partial charge in [-0.05, 0) is 37.0 Å². The zero-order chi connectivity index (χ0) is 25.9. The second-order valence-corrected chi connectivity index (χ2v) is 11.6. The fourth-order valence-electron chi connectivity index (χ4n) is 5.03. The van der Waals surface area contributed by atoms with Crippen LogP contribution in [0.15, 0.2) is 54.6 Å². The van der Waals surface area contributed by atoms with Crippen molar-refractivity contribution in [3.05, 3.63) is 65.7 Å². The molecule has 2 atom stereocenters. The first-order valence-electron chi connectivity index (χ1n) is 12.1. The molecule has 0 saturated carbocycles. The third-order valence-electron chi connectivity index (χ3n) is 7.05. The minimum absolute atomic E-state index is 0.0263. The number of hydrogen-bond donors (Lipinski definition) is 2. The Balaban J connectivity index is 1.45. The summed E-state index contributed by atoms with van der Waals surface area (Å²) in [6, 6.07) is 15.6. The minimum Gasteiger partial charge on any atom is -0.374 e. The zero-order valence-corrected chi connectivity index (χ0v) is 21.5. The van der Waals surface area contributed by atoms with Crippen LogP contribution in [-0.2, 0) is 36.4 Å². The molecule has 4 rings (SSSR count). The second-order valence-electron chi connectivity index (χ2n) is 9.74. The van der Waals surface area contributed by atoms with Crippen molar-refractivity contribution in [1.82, 2.24) is 10.2 Å². The van der Waals surface area contributed by atoms with E-state index in [2.05, 4.69) is 5.32 Å². The molecule has 36 heavy (non-hydrogen) atoms. The maximum Gasteiger partial charge on any atom is 0.247 e. The fraction of sp³-hybridized carbons (Fsp3) is 0.462. The topological polar surface area (TPSA) is 122 Å². The van der Waals surface area contributed by atoms with Gasteiger partial charge in [0.05, 0.1) is 31.2 Å². The van der Waals surface area contributed by atoms with E-state index in [0.717, 1.165) is 16.8 Å². The number of carbonyl (C=O) groups is 2. The average Bonchev–Trinajstić information content (AvgIpc) is 3.18. The molecule has 1 fully saturated rings. The molecule has 2 aliphatic heterocycles. The van der Waals surface area contributed by atoms with Gasteiger partial charge in [-0.25, -0.2) is 8.42 Å².